The summed E-state index contributed by atoms with van der Waals surface area (Å²) < 4.78 is 7.24. The number of hydrogen-bond donors (Lipinski definition) is 1. The van der Waals surface area contributed by atoms with Gasteiger partial charge in [-0.2, -0.15) is 0 Å². The molecule has 1 aromatic carbocycles. The minimum Gasteiger partial charge on any atom is -0.378 e. The summed E-state index contributed by atoms with van der Waals surface area (Å²) in [5.74, 6) is 1.69. The Labute approximate surface area is 139 Å². The second-order valence-electron chi connectivity index (χ2n) is 5.58. The number of nitrogens with zero attached hydrogens (tertiary/aromatic N) is 6. The van der Waals surface area contributed by atoms with E-state index in [0.717, 1.165) is 42.3 Å². The Morgan fingerprint density at radius 2 is 1.88 bits per heavy atom. The van der Waals surface area contributed by atoms with Gasteiger partial charge >= 0.3 is 0 Å². The van der Waals surface area contributed by atoms with Gasteiger partial charge in [0.1, 0.15) is 0 Å². The van der Waals surface area contributed by atoms with Gasteiger partial charge in [0.2, 0.25) is 0 Å². The van der Waals surface area contributed by atoms with E-state index in [1.54, 1.807) is 10.9 Å². The normalized spacial score (nSPS) is 14.9. The molecule has 24 heavy (non-hydrogen) atoms. The lowest BCUT2D eigenvalue weighted by atomic mass is 10.3. The third-order valence-electron chi connectivity index (χ3n) is 3.97. The molecule has 0 radical (unpaired) electrons. The molecule has 1 saturated heterocycles. The van der Waals surface area contributed by atoms with Crippen LogP contribution in [0.3, 0.4) is 0 Å². The van der Waals surface area contributed by atoms with E-state index in [0.29, 0.717) is 19.8 Å². The van der Waals surface area contributed by atoms with Crippen molar-refractivity contribution in [3.63, 3.8) is 0 Å². The van der Waals surface area contributed by atoms with E-state index < -0.39 is 0 Å². The zero-order chi connectivity index (χ0) is 16.2. The molecule has 1 N–H and O–H groups in total. The minimum absolute atomic E-state index is 0.702. The molecule has 0 saturated carbocycles. The lowest BCUT2D eigenvalue weighted by Gasteiger charge is -2.29. The molecule has 2 aromatic heterocycles. The molecule has 1 fully saturated rings. The molecule has 4 rings (SSSR count). The number of fused-ring (bicyclic) bond motifs is 1. The fourth-order valence-electron chi connectivity index (χ4n) is 2.75. The van der Waals surface area contributed by atoms with Crippen LogP contribution >= 0.6 is 0 Å². The van der Waals surface area contributed by atoms with E-state index in [1.165, 1.54) is 0 Å². The Bertz CT molecular complexity index is 799. The highest BCUT2D eigenvalue weighted by Gasteiger charge is 2.18. The predicted molar refractivity (Wildman–Crippen MR) is 91.1 cm³/mol. The van der Waals surface area contributed by atoms with Crippen molar-refractivity contribution in [2.75, 3.05) is 43.1 Å². The van der Waals surface area contributed by atoms with Crippen molar-refractivity contribution in [2.45, 2.75) is 6.54 Å². The van der Waals surface area contributed by atoms with Gasteiger partial charge in [-0.3, -0.25) is 4.68 Å². The average molecular weight is 325 g/mol. The Balaban J connectivity index is 1.60. The summed E-state index contributed by atoms with van der Waals surface area (Å²) in [5, 5.41) is 11.2. The molecule has 3 heterocycles. The zero-order valence-electron chi connectivity index (χ0n) is 13.3. The lowest BCUT2D eigenvalue weighted by molar-refractivity contribution is 0.122. The minimum atomic E-state index is 0.702. The summed E-state index contributed by atoms with van der Waals surface area (Å²) in [6.45, 7) is 4.50. The van der Waals surface area contributed by atoms with E-state index in [2.05, 4.69) is 20.5 Å². The summed E-state index contributed by atoms with van der Waals surface area (Å²) in [4.78, 5) is 11.8. The number of hydrogen-bond acceptors (Lipinski definition) is 7. The summed E-state index contributed by atoms with van der Waals surface area (Å²) >= 11 is 0. The summed E-state index contributed by atoms with van der Waals surface area (Å²) in [6, 6.07) is 7.93. The van der Waals surface area contributed by atoms with Gasteiger partial charge < -0.3 is 15.0 Å². The molecule has 8 nitrogen and oxygen atoms in total. The van der Waals surface area contributed by atoms with Crippen molar-refractivity contribution >= 4 is 22.7 Å². The molecule has 0 atom stereocenters. The SMILES string of the molecule is c1ccc2nc(N3CCOCC3)c(NCCn3ccnn3)nc2c1. The van der Waals surface area contributed by atoms with Crippen molar-refractivity contribution in [1.82, 2.24) is 25.0 Å². The third-order valence-corrected chi connectivity index (χ3v) is 3.97. The first kappa shape index (κ1) is 14.8. The molecule has 3 aromatic rings. The van der Waals surface area contributed by atoms with E-state index in [-0.39, 0.29) is 0 Å². The molecule has 0 spiro atoms. The van der Waals surface area contributed by atoms with Crippen molar-refractivity contribution in [3.8, 4) is 0 Å². The molecule has 0 unspecified atom stereocenters. The first-order valence-corrected chi connectivity index (χ1v) is 8.07. The number of anilines is 2. The second-order valence-corrected chi connectivity index (χ2v) is 5.58. The molecular weight excluding hydrogens is 306 g/mol. The van der Waals surface area contributed by atoms with E-state index >= 15 is 0 Å². The maximum Gasteiger partial charge on any atom is 0.172 e. The highest BCUT2D eigenvalue weighted by atomic mass is 16.5. The van der Waals surface area contributed by atoms with E-state index in [4.69, 9.17) is 14.7 Å². The van der Waals surface area contributed by atoms with Crippen molar-refractivity contribution in [3.05, 3.63) is 36.7 Å². The van der Waals surface area contributed by atoms with Gasteiger partial charge in [-0.15, -0.1) is 5.10 Å². The number of nitrogens with one attached hydrogen (secondary N) is 1. The molecular formula is C16H19N7O. The largest absolute Gasteiger partial charge is 0.378 e. The Morgan fingerprint density at radius 3 is 2.62 bits per heavy atom. The van der Waals surface area contributed by atoms with Crippen molar-refractivity contribution < 1.29 is 4.74 Å². The van der Waals surface area contributed by atoms with Crippen molar-refractivity contribution in [2.24, 2.45) is 0 Å². The van der Waals surface area contributed by atoms with Gasteiger partial charge in [-0.25, -0.2) is 9.97 Å². The van der Waals surface area contributed by atoms with E-state index in [1.807, 2.05) is 30.5 Å². The van der Waals surface area contributed by atoms with Gasteiger partial charge in [0.15, 0.2) is 11.6 Å². The average Bonchev–Trinajstić information content (AvgIpc) is 3.15. The quantitative estimate of drug-likeness (QED) is 0.754. The number of benzene rings is 1. The van der Waals surface area contributed by atoms with Crippen LogP contribution in [0.4, 0.5) is 11.6 Å². The fourth-order valence-corrected chi connectivity index (χ4v) is 2.75. The molecule has 1 aliphatic heterocycles. The Hall–Kier alpha value is -2.74. The van der Waals surface area contributed by atoms with Gasteiger partial charge in [0.05, 0.1) is 37.0 Å². The number of rotatable bonds is 5. The zero-order valence-corrected chi connectivity index (χ0v) is 13.3. The molecule has 124 valence electrons. The first-order valence-electron chi connectivity index (χ1n) is 8.07. The monoisotopic (exact) mass is 325 g/mol. The van der Waals surface area contributed by atoms with Crippen LogP contribution in [0, 0.1) is 0 Å². The molecule has 0 amide bonds. The lowest BCUT2D eigenvalue weighted by Crippen LogP contribution is -2.37. The number of ether oxygens (including phenoxy) is 1. The highest BCUT2D eigenvalue weighted by molar-refractivity contribution is 5.80. The standard InChI is InChI=1S/C16H19N7O/c1-2-4-14-13(3-1)19-15(17-5-7-23-8-6-18-21-23)16(20-14)22-9-11-24-12-10-22/h1-4,6,8H,5,7,9-12H2,(H,17,19). The molecule has 8 heteroatoms. The Morgan fingerprint density at radius 1 is 1.08 bits per heavy atom. The van der Waals surface area contributed by atoms with Crippen LogP contribution in [0.25, 0.3) is 11.0 Å². The number of morpholine rings is 1. The van der Waals surface area contributed by atoms with Gasteiger partial charge in [-0.05, 0) is 12.1 Å². The third kappa shape index (κ3) is 3.13. The van der Waals surface area contributed by atoms with Crippen LogP contribution in [0.15, 0.2) is 36.7 Å². The number of aromatic nitrogens is 5. The first-order chi connectivity index (χ1) is 11.9. The van der Waals surface area contributed by atoms with Crippen molar-refractivity contribution in [1.29, 1.82) is 0 Å². The van der Waals surface area contributed by atoms with Gasteiger partial charge in [0, 0.05) is 25.8 Å². The number of para-hydroxylation sites is 2. The maximum atomic E-state index is 5.45. The maximum absolute atomic E-state index is 5.45. The topological polar surface area (TPSA) is 81.0 Å². The molecule has 1 aliphatic rings. The molecule has 0 aliphatic carbocycles. The Kier molecular flexibility index (Phi) is 4.20. The smallest absolute Gasteiger partial charge is 0.172 e. The summed E-state index contributed by atoms with van der Waals surface area (Å²) in [7, 11) is 0. The van der Waals surface area contributed by atoms with Crippen LogP contribution in [0.1, 0.15) is 0 Å². The van der Waals surface area contributed by atoms with Crippen LogP contribution in [0.2, 0.25) is 0 Å². The fraction of sp³-hybridized carbons (Fsp3) is 0.375. The van der Waals surface area contributed by atoms with Gasteiger partial charge in [0.25, 0.3) is 0 Å². The summed E-state index contributed by atoms with van der Waals surface area (Å²) in [5.41, 5.74) is 1.79. The molecule has 0 bridgehead atoms. The highest BCUT2D eigenvalue weighted by Crippen LogP contribution is 2.25. The van der Waals surface area contributed by atoms with E-state index in [9.17, 15) is 0 Å². The van der Waals surface area contributed by atoms with Crippen LogP contribution in [-0.2, 0) is 11.3 Å². The predicted octanol–water partition coefficient (Wildman–Crippen LogP) is 1.17. The van der Waals surface area contributed by atoms with Crippen LogP contribution in [0.5, 0.6) is 0 Å². The summed E-state index contributed by atoms with van der Waals surface area (Å²) in [6.07, 6.45) is 3.52. The van der Waals surface area contributed by atoms with Crippen LogP contribution in [-0.4, -0.2) is 57.8 Å². The van der Waals surface area contributed by atoms with Crippen LogP contribution < -0.4 is 10.2 Å². The van der Waals surface area contributed by atoms with Gasteiger partial charge in [-0.1, -0.05) is 17.3 Å². The second kappa shape index (κ2) is 6.79.